The van der Waals surface area contributed by atoms with E-state index in [9.17, 15) is 0 Å². The van der Waals surface area contributed by atoms with E-state index in [1.165, 1.54) is 31.4 Å². The van der Waals surface area contributed by atoms with Crippen LogP contribution in [0.1, 0.15) is 52.5 Å². The summed E-state index contributed by atoms with van der Waals surface area (Å²) in [5, 5.41) is 0. The van der Waals surface area contributed by atoms with Crippen LogP contribution < -0.4 is 5.73 Å². The van der Waals surface area contributed by atoms with E-state index in [1.807, 2.05) is 12.1 Å². The van der Waals surface area contributed by atoms with E-state index in [-0.39, 0.29) is 0 Å². The van der Waals surface area contributed by atoms with Crippen molar-refractivity contribution in [3.8, 4) is 0 Å². The average molecular weight is 286 g/mol. The van der Waals surface area contributed by atoms with Crippen molar-refractivity contribution >= 4 is 5.69 Å². The lowest BCUT2D eigenvalue weighted by Crippen LogP contribution is -2.40. The van der Waals surface area contributed by atoms with Crippen molar-refractivity contribution in [3.63, 3.8) is 0 Å². The quantitative estimate of drug-likeness (QED) is 0.848. The molecule has 1 aliphatic heterocycles. The highest BCUT2D eigenvalue weighted by Gasteiger charge is 2.50. The first kappa shape index (κ1) is 14.9. The molecule has 3 atom stereocenters. The molecule has 1 aliphatic carbocycles. The second-order valence-electron chi connectivity index (χ2n) is 8.64. The molecule has 1 heterocycles. The molecule has 0 radical (unpaired) electrons. The first-order valence-electron chi connectivity index (χ1n) is 8.37. The highest BCUT2D eigenvalue weighted by molar-refractivity contribution is 5.46. The molecule has 2 aliphatic rings. The molecule has 0 aromatic heterocycles. The van der Waals surface area contributed by atoms with Crippen LogP contribution in [-0.2, 0) is 6.42 Å². The van der Waals surface area contributed by atoms with Crippen LogP contribution in [0.3, 0.4) is 0 Å². The summed E-state index contributed by atoms with van der Waals surface area (Å²) in [6.45, 7) is 11.0. The molecule has 1 saturated heterocycles. The Hall–Kier alpha value is -1.02. The number of anilines is 1. The summed E-state index contributed by atoms with van der Waals surface area (Å²) in [6, 6.07) is 9.67. The molecule has 1 aromatic rings. The summed E-state index contributed by atoms with van der Waals surface area (Å²) in [5.41, 5.74) is 9.38. The van der Waals surface area contributed by atoms with Crippen molar-refractivity contribution < 1.29 is 0 Å². The van der Waals surface area contributed by atoms with Crippen LogP contribution >= 0.6 is 0 Å². The molecule has 2 bridgehead atoms. The van der Waals surface area contributed by atoms with E-state index in [0.29, 0.717) is 16.9 Å². The first-order valence-corrected chi connectivity index (χ1v) is 8.37. The van der Waals surface area contributed by atoms with Gasteiger partial charge >= 0.3 is 0 Å². The summed E-state index contributed by atoms with van der Waals surface area (Å²) in [6.07, 6.45) is 5.16. The fourth-order valence-corrected chi connectivity index (χ4v) is 5.17. The van der Waals surface area contributed by atoms with E-state index in [1.54, 1.807) is 0 Å². The van der Waals surface area contributed by atoms with Gasteiger partial charge in [-0.3, -0.25) is 4.90 Å². The van der Waals surface area contributed by atoms with Crippen molar-refractivity contribution in [1.29, 1.82) is 0 Å². The third-order valence-corrected chi connectivity index (χ3v) is 5.59. The molecule has 2 fully saturated rings. The van der Waals surface area contributed by atoms with Gasteiger partial charge in [0.15, 0.2) is 0 Å². The summed E-state index contributed by atoms with van der Waals surface area (Å²) >= 11 is 0. The number of nitrogen functional groups attached to an aromatic ring is 1. The number of likely N-dealkylation sites (tertiary alicyclic amines) is 1. The Bertz CT molecular complexity index is 522. The molecule has 1 aromatic carbocycles. The van der Waals surface area contributed by atoms with Crippen LogP contribution in [0.25, 0.3) is 0 Å². The Labute approximate surface area is 129 Å². The van der Waals surface area contributed by atoms with E-state index in [0.717, 1.165) is 18.2 Å². The first-order chi connectivity index (χ1) is 9.78. The van der Waals surface area contributed by atoms with Crippen molar-refractivity contribution in [2.75, 3.05) is 12.3 Å². The maximum Gasteiger partial charge on any atom is 0.0347 e. The van der Waals surface area contributed by atoms with Crippen molar-refractivity contribution in [2.45, 2.75) is 65.5 Å². The maximum absolute atomic E-state index is 6.12. The molecule has 0 amide bonds. The van der Waals surface area contributed by atoms with Crippen LogP contribution in [0.15, 0.2) is 24.3 Å². The summed E-state index contributed by atoms with van der Waals surface area (Å²) in [4.78, 5) is 2.77. The Balaban J connectivity index is 1.74. The lowest BCUT2D eigenvalue weighted by atomic mass is 9.65. The predicted molar refractivity (Wildman–Crippen MR) is 90.3 cm³/mol. The Morgan fingerprint density at radius 3 is 2.67 bits per heavy atom. The van der Waals surface area contributed by atoms with Gasteiger partial charge in [-0.15, -0.1) is 0 Å². The van der Waals surface area contributed by atoms with Crippen LogP contribution in [0.4, 0.5) is 5.69 Å². The summed E-state index contributed by atoms with van der Waals surface area (Å²) < 4.78 is 0. The maximum atomic E-state index is 6.12. The lowest BCUT2D eigenvalue weighted by Gasteiger charge is -2.40. The van der Waals surface area contributed by atoms with Gasteiger partial charge in [-0.2, -0.15) is 0 Å². The van der Waals surface area contributed by atoms with Gasteiger partial charge in [0.25, 0.3) is 0 Å². The molecule has 21 heavy (non-hydrogen) atoms. The minimum absolute atomic E-state index is 0.498. The SMILES string of the molecule is CC(Cc1ccccc1N)N1CC2(C)CC1CC(C)(C)C2. The molecule has 1 saturated carbocycles. The number of para-hydroxylation sites is 1. The van der Waals surface area contributed by atoms with E-state index in [4.69, 9.17) is 5.73 Å². The minimum Gasteiger partial charge on any atom is -0.399 e. The smallest absolute Gasteiger partial charge is 0.0347 e. The summed E-state index contributed by atoms with van der Waals surface area (Å²) in [7, 11) is 0. The minimum atomic E-state index is 0.498. The number of nitrogens with zero attached hydrogens (tertiary/aromatic N) is 1. The molecule has 2 heteroatoms. The molecule has 3 unspecified atom stereocenters. The Morgan fingerprint density at radius 1 is 1.24 bits per heavy atom. The molecule has 2 nitrogen and oxygen atoms in total. The molecule has 116 valence electrons. The standard InChI is InChI=1S/C19H30N2/c1-14(9-15-7-5-6-8-17(15)20)21-13-19(4)11-16(21)10-18(2,3)12-19/h5-8,14,16H,9-13,20H2,1-4H3. The fraction of sp³-hybridized carbons (Fsp3) is 0.684. The van der Waals surface area contributed by atoms with Gasteiger partial charge in [0.2, 0.25) is 0 Å². The van der Waals surface area contributed by atoms with Gasteiger partial charge < -0.3 is 5.73 Å². The molecular formula is C19H30N2. The zero-order valence-electron chi connectivity index (χ0n) is 14.0. The van der Waals surface area contributed by atoms with Gasteiger partial charge in [-0.25, -0.2) is 0 Å². The predicted octanol–water partition coefficient (Wildman–Crippen LogP) is 4.10. The van der Waals surface area contributed by atoms with E-state index >= 15 is 0 Å². The van der Waals surface area contributed by atoms with E-state index < -0.39 is 0 Å². The number of hydrogen-bond acceptors (Lipinski definition) is 2. The van der Waals surface area contributed by atoms with Crippen LogP contribution in [-0.4, -0.2) is 23.5 Å². The number of nitrogens with two attached hydrogens (primary N) is 1. The van der Waals surface area contributed by atoms with Crippen molar-refractivity contribution in [1.82, 2.24) is 4.90 Å². The largest absolute Gasteiger partial charge is 0.399 e. The lowest BCUT2D eigenvalue weighted by molar-refractivity contribution is 0.120. The number of hydrogen-bond donors (Lipinski definition) is 1. The Morgan fingerprint density at radius 2 is 1.95 bits per heavy atom. The van der Waals surface area contributed by atoms with Gasteiger partial charge in [0, 0.05) is 24.3 Å². The normalized spacial score (nSPS) is 33.0. The number of rotatable bonds is 3. The van der Waals surface area contributed by atoms with Gasteiger partial charge in [0.05, 0.1) is 0 Å². The van der Waals surface area contributed by atoms with Crippen molar-refractivity contribution in [3.05, 3.63) is 29.8 Å². The number of benzene rings is 1. The van der Waals surface area contributed by atoms with E-state index in [2.05, 4.69) is 44.7 Å². The number of fused-ring (bicyclic) bond motifs is 2. The zero-order valence-corrected chi connectivity index (χ0v) is 14.0. The average Bonchev–Trinajstić information content (AvgIpc) is 2.61. The zero-order chi connectivity index (χ0) is 15.3. The van der Waals surface area contributed by atoms with Crippen LogP contribution in [0.2, 0.25) is 0 Å². The van der Waals surface area contributed by atoms with Gasteiger partial charge in [-0.1, -0.05) is 39.0 Å². The van der Waals surface area contributed by atoms with Gasteiger partial charge in [0.1, 0.15) is 0 Å². The molecular weight excluding hydrogens is 256 g/mol. The molecule has 2 N–H and O–H groups in total. The fourth-order valence-electron chi connectivity index (χ4n) is 5.17. The topological polar surface area (TPSA) is 29.3 Å². The second kappa shape index (κ2) is 5.01. The molecule has 0 spiro atoms. The van der Waals surface area contributed by atoms with Crippen LogP contribution in [0.5, 0.6) is 0 Å². The molecule has 3 rings (SSSR count). The summed E-state index contributed by atoms with van der Waals surface area (Å²) in [5.74, 6) is 0. The van der Waals surface area contributed by atoms with Crippen LogP contribution in [0, 0.1) is 10.8 Å². The van der Waals surface area contributed by atoms with Gasteiger partial charge in [-0.05, 0) is 55.1 Å². The third-order valence-electron chi connectivity index (χ3n) is 5.59. The Kier molecular flexibility index (Phi) is 3.56. The van der Waals surface area contributed by atoms with Crippen molar-refractivity contribution in [2.24, 2.45) is 10.8 Å². The highest BCUT2D eigenvalue weighted by atomic mass is 15.2. The monoisotopic (exact) mass is 286 g/mol. The second-order valence-corrected chi connectivity index (χ2v) is 8.64. The third kappa shape index (κ3) is 2.96. The highest BCUT2D eigenvalue weighted by Crippen LogP contribution is 2.53.